The zero-order valence-corrected chi connectivity index (χ0v) is 11.5. The molecule has 0 N–H and O–H groups in total. The number of carbonyl (C=O) groups excluding carboxylic acids is 4. The number of hydrogen-bond acceptors (Lipinski definition) is 6. The molecule has 2 saturated heterocycles. The average Bonchev–Trinajstić information content (AvgIpc) is 2.72. The molecule has 8 heteroatoms. The molecule has 100 valence electrons. The monoisotopic (exact) mass is 298 g/mol. The van der Waals surface area contributed by atoms with E-state index in [0.717, 1.165) is 9.80 Å². The van der Waals surface area contributed by atoms with Crippen molar-refractivity contribution in [2.24, 2.45) is 0 Å². The van der Waals surface area contributed by atoms with Crippen molar-refractivity contribution in [3.8, 4) is 0 Å². The molecule has 2 rings (SSSR count). The maximum Gasteiger partial charge on any atom is 0.267 e. The van der Waals surface area contributed by atoms with Crippen molar-refractivity contribution in [2.75, 3.05) is 13.1 Å². The van der Waals surface area contributed by atoms with Crippen LogP contribution in [0.15, 0.2) is 0 Å². The van der Waals surface area contributed by atoms with Crippen molar-refractivity contribution in [3.63, 3.8) is 0 Å². The Kier molecular flexibility index (Phi) is 3.81. The van der Waals surface area contributed by atoms with Crippen molar-refractivity contribution >= 4 is 57.8 Å². The summed E-state index contributed by atoms with van der Waals surface area (Å²) in [6.07, 6.45) is 0.278. The third-order valence-corrected chi connectivity index (χ3v) is 3.59. The molecule has 0 spiro atoms. The number of hydrogen-bond donors (Lipinski definition) is 0. The number of imide groups is 2. The van der Waals surface area contributed by atoms with Gasteiger partial charge in [0.1, 0.15) is 0 Å². The lowest BCUT2D eigenvalue weighted by Crippen LogP contribution is -2.36. The molecule has 2 heterocycles. The Morgan fingerprint density at radius 1 is 0.789 bits per heavy atom. The van der Waals surface area contributed by atoms with Crippen LogP contribution >= 0.6 is 24.4 Å². The van der Waals surface area contributed by atoms with Crippen molar-refractivity contribution in [2.45, 2.75) is 19.3 Å². The third-order valence-electron chi connectivity index (χ3n) is 2.96. The minimum absolute atomic E-state index is 0.0279. The van der Waals surface area contributed by atoms with Crippen LogP contribution in [-0.2, 0) is 19.2 Å². The average molecular weight is 298 g/mol. The molecule has 19 heavy (non-hydrogen) atoms. The summed E-state index contributed by atoms with van der Waals surface area (Å²) in [5.41, 5.74) is 0. The summed E-state index contributed by atoms with van der Waals surface area (Å²) in [5.74, 6) is -1.56. The minimum atomic E-state index is -0.449. The number of nitrogens with zero attached hydrogens (tertiary/aromatic N) is 2. The number of likely N-dealkylation sites (tertiary alicyclic amines) is 2. The van der Waals surface area contributed by atoms with Gasteiger partial charge in [-0.2, -0.15) is 0 Å². The van der Waals surface area contributed by atoms with Crippen LogP contribution in [-0.4, -0.2) is 56.2 Å². The van der Waals surface area contributed by atoms with Crippen LogP contribution < -0.4 is 0 Å². The van der Waals surface area contributed by atoms with Gasteiger partial charge in [-0.05, 0) is 6.42 Å². The molecule has 4 amide bonds. The van der Waals surface area contributed by atoms with Gasteiger partial charge in [-0.3, -0.25) is 29.0 Å². The third kappa shape index (κ3) is 2.59. The predicted octanol–water partition coefficient (Wildman–Crippen LogP) is -0.366. The molecule has 0 radical (unpaired) electrons. The molecule has 2 aliphatic heterocycles. The molecule has 0 aromatic heterocycles. The highest BCUT2D eigenvalue weighted by Crippen LogP contribution is 2.13. The molecule has 2 aliphatic rings. The lowest BCUT2D eigenvalue weighted by Gasteiger charge is -2.16. The maximum absolute atomic E-state index is 11.5. The quantitative estimate of drug-likeness (QED) is 0.521. The molecular formula is C11H10N2O4S2. The first-order valence-electron chi connectivity index (χ1n) is 5.67. The van der Waals surface area contributed by atoms with E-state index in [1.807, 2.05) is 0 Å². The van der Waals surface area contributed by atoms with E-state index in [0.29, 0.717) is 6.42 Å². The Morgan fingerprint density at radius 2 is 1.16 bits per heavy atom. The molecule has 0 aliphatic carbocycles. The van der Waals surface area contributed by atoms with E-state index in [1.165, 1.54) is 0 Å². The number of amides is 4. The summed E-state index contributed by atoms with van der Waals surface area (Å²) in [6, 6.07) is 0. The fourth-order valence-corrected chi connectivity index (χ4v) is 2.45. The zero-order valence-electron chi connectivity index (χ0n) is 9.88. The summed E-state index contributed by atoms with van der Waals surface area (Å²) in [4.78, 5) is 48.3. The van der Waals surface area contributed by atoms with E-state index < -0.39 is 11.8 Å². The second-order valence-corrected chi connectivity index (χ2v) is 5.24. The highest BCUT2D eigenvalue weighted by atomic mass is 32.1. The van der Waals surface area contributed by atoms with E-state index in [2.05, 4.69) is 0 Å². The van der Waals surface area contributed by atoms with E-state index >= 15 is 0 Å². The summed E-state index contributed by atoms with van der Waals surface area (Å²) in [5, 5.41) is 0. The van der Waals surface area contributed by atoms with Crippen molar-refractivity contribution in [3.05, 3.63) is 0 Å². The highest BCUT2D eigenvalue weighted by molar-refractivity contribution is 7.82. The fourth-order valence-electron chi connectivity index (χ4n) is 1.98. The van der Waals surface area contributed by atoms with Crippen LogP contribution in [0.25, 0.3) is 0 Å². The van der Waals surface area contributed by atoms with Gasteiger partial charge in [0.2, 0.25) is 11.8 Å². The van der Waals surface area contributed by atoms with Crippen LogP contribution in [0.3, 0.4) is 0 Å². The van der Waals surface area contributed by atoms with Crippen molar-refractivity contribution in [1.82, 2.24) is 9.80 Å². The minimum Gasteiger partial charge on any atom is -0.278 e. The van der Waals surface area contributed by atoms with E-state index in [4.69, 9.17) is 24.4 Å². The predicted molar refractivity (Wildman–Crippen MR) is 72.5 cm³/mol. The summed E-state index contributed by atoms with van der Waals surface area (Å²) in [7, 11) is 0. The van der Waals surface area contributed by atoms with Gasteiger partial charge in [-0.15, -0.1) is 0 Å². The van der Waals surface area contributed by atoms with Crippen LogP contribution in [0.2, 0.25) is 0 Å². The normalized spacial score (nSPS) is 20.2. The molecule has 0 bridgehead atoms. The lowest BCUT2D eigenvalue weighted by molar-refractivity contribution is -0.137. The fraction of sp³-hybridized carbons (Fsp3) is 0.455. The first kappa shape index (κ1) is 13.9. The van der Waals surface area contributed by atoms with Gasteiger partial charge in [-0.1, -0.05) is 24.4 Å². The van der Waals surface area contributed by atoms with Gasteiger partial charge in [0.05, 0.1) is 22.6 Å². The Hall–Kier alpha value is -1.54. The van der Waals surface area contributed by atoms with Gasteiger partial charge in [0.15, 0.2) is 0 Å². The largest absolute Gasteiger partial charge is 0.278 e. The van der Waals surface area contributed by atoms with Gasteiger partial charge in [-0.25, -0.2) is 0 Å². The molecule has 0 aromatic rings. The van der Waals surface area contributed by atoms with E-state index in [-0.39, 0.29) is 47.5 Å². The molecule has 2 fully saturated rings. The van der Waals surface area contributed by atoms with Crippen molar-refractivity contribution in [1.29, 1.82) is 0 Å². The molecule has 6 nitrogen and oxygen atoms in total. The van der Waals surface area contributed by atoms with E-state index in [9.17, 15) is 19.2 Å². The number of thiocarbonyl (C=S) groups is 2. The van der Waals surface area contributed by atoms with Gasteiger partial charge >= 0.3 is 0 Å². The second-order valence-electron chi connectivity index (χ2n) is 4.25. The summed E-state index contributed by atoms with van der Waals surface area (Å²) in [6.45, 7) is 0.309. The first-order chi connectivity index (χ1) is 8.91. The molecule has 0 unspecified atom stereocenters. The van der Waals surface area contributed by atoms with Crippen LogP contribution in [0, 0.1) is 0 Å². The lowest BCUT2D eigenvalue weighted by atomic mass is 10.3. The van der Waals surface area contributed by atoms with Crippen LogP contribution in [0.1, 0.15) is 19.3 Å². The van der Waals surface area contributed by atoms with Crippen molar-refractivity contribution < 1.29 is 19.2 Å². The smallest absolute Gasteiger partial charge is 0.267 e. The molecular weight excluding hydrogens is 288 g/mol. The standard InChI is InChI=1S/C11H10N2O4S2/c14-8-4-6(18)10(16)12(8)2-1-3-13-9(15)5-7(19)11(13)17/h1-5H2. The topological polar surface area (TPSA) is 74.8 Å². The zero-order chi connectivity index (χ0) is 14.2. The Labute approximate surface area is 119 Å². The van der Waals surface area contributed by atoms with E-state index in [1.54, 1.807) is 0 Å². The van der Waals surface area contributed by atoms with Gasteiger partial charge in [0, 0.05) is 13.1 Å². The van der Waals surface area contributed by atoms with Gasteiger partial charge < -0.3 is 0 Å². The molecule has 0 saturated carbocycles. The SMILES string of the molecule is O=C1CC(=S)C(=O)N1CCCN1C(=O)CC(=S)C1=O. The van der Waals surface area contributed by atoms with Crippen LogP contribution in [0.4, 0.5) is 0 Å². The van der Waals surface area contributed by atoms with Gasteiger partial charge in [0.25, 0.3) is 11.8 Å². The molecule has 0 atom stereocenters. The Bertz CT molecular complexity index is 483. The summed E-state index contributed by atoms with van der Waals surface area (Å²) >= 11 is 9.52. The van der Waals surface area contributed by atoms with Crippen LogP contribution in [0.5, 0.6) is 0 Å². The summed E-state index contributed by atoms with van der Waals surface area (Å²) < 4.78 is 0. The Balaban J connectivity index is 1.88. The highest BCUT2D eigenvalue weighted by Gasteiger charge is 2.35. The molecule has 0 aromatic carbocycles. The second kappa shape index (κ2) is 5.22. The Morgan fingerprint density at radius 3 is 1.42 bits per heavy atom. The number of rotatable bonds is 4. The number of carbonyl (C=O) groups is 4. The maximum atomic E-state index is 11.5. The first-order valence-corrected chi connectivity index (χ1v) is 6.48.